The number of hydrogen-bond donors (Lipinski definition) is 2. The summed E-state index contributed by atoms with van der Waals surface area (Å²) < 4.78 is 0. The highest BCUT2D eigenvalue weighted by molar-refractivity contribution is 5.82. The van der Waals surface area contributed by atoms with E-state index in [1.807, 2.05) is 18.7 Å². The van der Waals surface area contributed by atoms with E-state index in [1.165, 1.54) is 0 Å². The van der Waals surface area contributed by atoms with Crippen LogP contribution >= 0.6 is 0 Å². The normalized spacial score (nSPS) is 25.1. The molecule has 0 saturated carbocycles. The van der Waals surface area contributed by atoms with Crippen molar-refractivity contribution in [1.82, 2.24) is 10.2 Å². The van der Waals surface area contributed by atoms with E-state index in [2.05, 4.69) is 12.2 Å². The van der Waals surface area contributed by atoms with E-state index in [0.29, 0.717) is 6.04 Å². The second-order valence-corrected chi connectivity index (χ2v) is 4.76. The zero-order valence-corrected chi connectivity index (χ0v) is 9.99. The third kappa shape index (κ3) is 3.47. The minimum Gasteiger partial charge on any atom is -0.340 e. The van der Waals surface area contributed by atoms with Gasteiger partial charge in [-0.2, -0.15) is 0 Å². The van der Waals surface area contributed by atoms with E-state index in [9.17, 15) is 4.79 Å². The average molecular weight is 213 g/mol. The molecule has 1 saturated heterocycles. The summed E-state index contributed by atoms with van der Waals surface area (Å²) in [6, 6.07) is 0.0195. The molecule has 4 nitrogen and oxygen atoms in total. The molecule has 0 bridgehead atoms. The largest absolute Gasteiger partial charge is 0.340 e. The van der Waals surface area contributed by atoms with Gasteiger partial charge in [-0.3, -0.25) is 4.79 Å². The molecule has 3 N–H and O–H groups in total. The van der Waals surface area contributed by atoms with Crippen molar-refractivity contribution in [2.45, 2.75) is 39.3 Å². The molecule has 1 fully saturated rings. The van der Waals surface area contributed by atoms with Crippen LogP contribution in [0.15, 0.2) is 0 Å². The fourth-order valence-corrected chi connectivity index (χ4v) is 1.80. The zero-order chi connectivity index (χ0) is 11.4. The number of nitrogens with zero attached hydrogens (tertiary/aromatic N) is 1. The van der Waals surface area contributed by atoms with Crippen molar-refractivity contribution < 1.29 is 4.79 Å². The van der Waals surface area contributed by atoms with Crippen LogP contribution in [-0.4, -0.2) is 42.5 Å². The number of hydrogen-bond acceptors (Lipinski definition) is 3. The summed E-state index contributed by atoms with van der Waals surface area (Å²) in [7, 11) is 0. The average Bonchev–Trinajstić information content (AvgIpc) is 2.40. The molecule has 0 aromatic carbocycles. The van der Waals surface area contributed by atoms with Crippen LogP contribution in [0, 0.1) is 5.92 Å². The minimum atomic E-state index is -0.352. The molecule has 1 amide bonds. The number of carbonyl (C=O) groups is 1. The van der Waals surface area contributed by atoms with Crippen molar-refractivity contribution in [2.24, 2.45) is 11.7 Å². The third-order valence-electron chi connectivity index (χ3n) is 2.91. The highest BCUT2D eigenvalue weighted by atomic mass is 16.2. The minimum absolute atomic E-state index is 0.0977. The lowest BCUT2D eigenvalue weighted by atomic mass is 10.0. The molecule has 0 aromatic heterocycles. The molecular formula is C11H23N3O. The van der Waals surface area contributed by atoms with Crippen molar-refractivity contribution in [3.05, 3.63) is 0 Å². The fraction of sp³-hybridized carbons (Fsp3) is 0.909. The Kier molecular flexibility index (Phi) is 4.54. The predicted molar refractivity (Wildman–Crippen MR) is 61.5 cm³/mol. The first-order valence-corrected chi connectivity index (χ1v) is 5.80. The van der Waals surface area contributed by atoms with Crippen molar-refractivity contribution >= 4 is 5.91 Å². The van der Waals surface area contributed by atoms with Gasteiger partial charge in [0.1, 0.15) is 0 Å². The topological polar surface area (TPSA) is 58.4 Å². The molecule has 4 heteroatoms. The van der Waals surface area contributed by atoms with Gasteiger partial charge in [-0.05, 0) is 25.8 Å². The Labute approximate surface area is 92.2 Å². The number of rotatable bonds is 2. The number of nitrogens with two attached hydrogens (primary N) is 1. The maximum absolute atomic E-state index is 12.0. The Bertz CT molecular complexity index is 218. The quantitative estimate of drug-likeness (QED) is 0.688. The van der Waals surface area contributed by atoms with Gasteiger partial charge in [-0.15, -0.1) is 0 Å². The molecule has 88 valence electrons. The summed E-state index contributed by atoms with van der Waals surface area (Å²) in [5.74, 6) is 0.310. The molecule has 1 aliphatic rings. The maximum Gasteiger partial charge on any atom is 0.239 e. The van der Waals surface area contributed by atoms with Crippen LogP contribution in [0.25, 0.3) is 0 Å². The van der Waals surface area contributed by atoms with Gasteiger partial charge in [0.25, 0.3) is 0 Å². The molecule has 2 atom stereocenters. The van der Waals surface area contributed by atoms with E-state index in [4.69, 9.17) is 5.73 Å². The molecule has 1 rings (SSSR count). The summed E-state index contributed by atoms with van der Waals surface area (Å²) in [5.41, 5.74) is 5.88. The lowest BCUT2D eigenvalue weighted by Crippen LogP contribution is -2.49. The second-order valence-electron chi connectivity index (χ2n) is 4.76. The monoisotopic (exact) mass is 213 g/mol. The van der Waals surface area contributed by atoms with E-state index >= 15 is 0 Å². The lowest BCUT2D eigenvalue weighted by molar-refractivity contribution is -0.133. The summed E-state index contributed by atoms with van der Waals surface area (Å²) in [5, 5.41) is 3.36. The van der Waals surface area contributed by atoms with Crippen LogP contribution in [0.5, 0.6) is 0 Å². The molecule has 0 spiro atoms. The van der Waals surface area contributed by atoms with Crippen LogP contribution in [0.2, 0.25) is 0 Å². The molecule has 0 radical (unpaired) electrons. The van der Waals surface area contributed by atoms with Gasteiger partial charge in [0.05, 0.1) is 6.04 Å². The van der Waals surface area contributed by atoms with Crippen LogP contribution in [-0.2, 0) is 4.79 Å². The van der Waals surface area contributed by atoms with Crippen LogP contribution in [0.3, 0.4) is 0 Å². The van der Waals surface area contributed by atoms with E-state index in [0.717, 1.165) is 26.1 Å². The molecule has 0 aliphatic carbocycles. The summed E-state index contributed by atoms with van der Waals surface area (Å²) in [6.07, 6.45) is 1.01. The Balaban J connectivity index is 2.57. The van der Waals surface area contributed by atoms with Crippen LogP contribution < -0.4 is 11.1 Å². The van der Waals surface area contributed by atoms with Gasteiger partial charge >= 0.3 is 0 Å². The van der Waals surface area contributed by atoms with Crippen molar-refractivity contribution in [3.8, 4) is 0 Å². The Morgan fingerprint density at radius 3 is 2.80 bits per heavy atom. The smallest absolute Gasteiger partial charge is 0.239 e. The first-order chi connectivity index (χ1) is 7.02. The fourth-order valence-electron chi connectivity index (χ4n) is 1.80. The van der Waals surface area contributed by atoms with Gasteiger partial charge in [0, 0.05) is 19.1 Å². The van der Waals surface area contributed by atoms with E-state index in [-0.39, 0.29) is 17.9 Å². The number of amides is 1. The van der Waals surface area contributed by atoms with Gasteiger partial charge in [-0.1, -0.05) is 13.8 Å². The highest BCUT2D eigenvalue weighted by Crippen LogP contribution is 2.07. The maximum atomic E-state index is 12.0. The molecule has 1 heterocycles. The molecular weight excluding hydrogens is 190 g/mol. The third-order valence-corrected chi connectivity index (χ3v) is 2.91. The molecule has 1 aliphatic heterocycles. The number of carbonyl (C=O) groups excluding carboxylic acids is 1. The van der Waals surface area contributed by atoms with Crippen molar-refractivity contribution in [3.63, 3.8) is 0 Å². The van der Waals surface area contributed by atoms with Crippen molar-refractivity contribution in [1.29, 1.82) is 0 Å². The second kappa shape index (κ2) is 5.47. The van der Waals surface area contributed by atoms with Crippen LogP contribution in [0.1, 0.15) is 27.2 Å². The highest BCUT2D eigenvalue weighted by Gasteiger charge is 2.25. The van der Waals surface area contributed by atoms with Gasteiger partial charge in [0.15, 0.2) is 0 Å². The van der Waals surface area contributed by atoms with E-state index < -0.39 is 0 Å². The van der Waals surface area contributed by atoms with Crippen LogP contribution in [0.4, 0.5) is 0 Å². The van der Waals surface area contributed by atoms with Gasteiger partial charge in [0.2, 0.25) is 5.91 Å². The first kappa shape index (κ1) is 12.5. The van der Waals surface area contributed by atoms with Gasteiger partial charge < -0.3 is 16.0 Å². The lowest BCUT2D eigenvalue weighted by Gasteiger charge is -2.27. The van der Waals surface area contributed by atoms with Gasteiger partial charge in [-0.25, -0.2) is 0 Å². The molecule has 15 heavy (non-hydrogen) atoms. The molecule has 0 unspecified atom stereocenters. The van der Waals surface area contributed by atoms with Crippen molar-refractivity contribution in [2.75, 3.05) is 19.6 Å². The summed E-state index contributed by atoms with van der Waals surface area (Å²) in [6.45, 7) is 8.67. The summed E-state index contributed by atoms with van der Waals surface area (Å²) in [4.78, 5) is 13.9. The van der Waals surface area contributed by atoms with E-state index in [1.54, 1.807) is 0 Å². The Morgan fingerprint density at radius 2 is 2.20 bits per heavy atom. The predicted octanol–water partition coefficient (Wildman–Crippen LogP) is 0.180. The summed E-state index contributed by atoms with van der Waals surface area (Å²) >= 11 is 0. The Morgan fingerprint density at radius 1 is 1.53 bits per heavy atom. The standard InChI is InChI=1S/C11H23N3O/c1-8(2)10(12)11(15)14-6-4-5-13-9(3)7-14/h8-10,13H,4-7,12H2,1-3H3/t9-,10+/m0/s1. The SMILES string of the molecule is CC(C)[C@@H](N)C(=O)N1CCCN[C@@H](C)C1. The first-order valence-electron chi connectivity index (χ1n) is 5.80. The zero-order valence-electron chi connectivity index (χ0n) is 9.99. The number of nitrogens with one attached hydrogen (secondary N) is 1. The molecule has 0 aromatic rings. The Hall–Kier alpha value is -0.610.